The van der Waals surface area contributed by atoms with Gasteiger partial charge in [-0.15, -0.1) is 11.3 Å². The lowest BCUT2D eigenvalue weighted by atomic mass is 9.97. The van der Waals surface area contributed by atoms with E-state index in [4.69, 9.17) is 19.4 Å². The third kappa shape index (κ3) is 5.18. The zero-order valence-electron chi connectivity index (χ0n) is 30.7. The molecule has 268 valence electrons. The normalized spacial score (nSPS) is 12.7. The van der Waals surface area contributed by atoms with Gasteiger partial charge in [-0.2, -0.15) is 0 Å². The molecule has 0 bridgehead atoms. The number of aromatic nitrogens is 4. The Morgan fingerprint density at radius 3 is 2.05 bits per heavy atom. The average Bonchev–Trinajstić information content (AvgIpc) is 3.95. The predicted octanol–water partition coefficient (Wildman–Crippen LogP) is 13.7. The van der Waals surface area contributed by atoms with Crippen LogP contribution >= 0.6 is 11.3 Å². The van der Waals surface area contributed by atoms with Gasteiger partial charge in [0.05, 0.1) is 5.52 Å². The molecule has 0 aliphatic heterocycles. The Morgan fingerprint density at radius 1 is 0.509 bits per heavy atom. The third-order valence-electron chi connectivity index (χ3n) is 11.3. The molecule has 0 saturated heterocycles. The van der Waals surface area contributed by atoms with Crippen molar-refractivity contribution < 1.29 is 4.42 Å². The number of rotatable bonds is 5. The summed E-state index contributed by atoms with van der Waals surface area (Å²) < 4.78 is 11.5. The number of para-hydroxylation sites is 1. The average molecular weight is 749 g/mol. The first-order valence-corrected chi connectivity index (χ1v) is 20.1. The smallest absolute Gasteiger partial charge is 0.164 e. The van der Waals surface area contributed by atoms with Gasteiger partial charge in [0.2, 0.25) is 0 Å². The summed E-state index contributed by atoms with van der Waals surface area (Å²) in [5.41, 5.74) is 12.0. The first-order valence-electron chi connectivity index (χ1n) is 19.3. The van der Waals surface area contributed by atoms with Crippen molar-refractivity contribution in [1.29, 1.82) is 0 Å². The highest BCUT2D eigenvalue weighted by molar-refractivity contribution is 7.26. The molecule has 0 spiro atoms. The van der Waals surface area contributed by atoms with E-state index in [1.807, 2.05) is 72.0 Å². The summed E-state index contributed by atoms with van der Waals surface area (Å²) in [6.07, 6.45) is 6.72. The lowest BCUT2D eigenvalue weighted by Gasteiger charge is -2.12. The minimum absolute atomic E-state index is 0.647. The van der Waals surface area contributed by atoms with Gasteiger partial charge in [-0.3, -0.25) is 0 Å². The van der Waals surface area contributed by atoms with Gasteiger partial charge in [-0.1, -0.05) is 103 Å². The molecule has 0 N–H and O–H groups in total. The number of fused-ring (bicyclic) bond motifs is 9. The first kappa shape index (κ1) is 32.1. The Kier molecular flexibility index (Phi) is 7.16. The second kappa shape index (κ2) is 12.7. The fourth-order valence-corrected chi connectivity index (χ4v) is 9.79. The highest BCUT2D eigenvalue weighted by atomic mass is 32.1. The van der Waals surface area contributed by atoms with Crippen molar-refractivity contribution in [2.45, 2.75) is 12.8 Å². The molecular weight excluding hydrogens is 717 g/mol. The van der Waals surface area contributed by atoms with Crippen LogP contribution in [-0.4, -0.2) is 19.5 Å². The van der Waals surface area contributed by atoms with Crippen LogP contribution < -0.4 is 0 Å². The minimum atomic E-state index is 0.647. The van der Waals surface area contributed by atoms with Crippen molar-refractivity contribution in [2.24, 2.45) is 0 Å². The molecule has 7 aromatic carbocycles. The molecule has 0 radical (unpaired) electrons. The quantitative estimate of drug-likeness (QED) is 0.176. The number of hydrogen-bond donors (Lipinski definition) is 0. The van der Waals surface area contributed by atoms with Crippen LogP contribution in [0.3, 0.4) is 0 Å². The maximum atomic E-state index is 6.60. The minimum Gasteiger partial charge on any atom is -0.456 e. The molecule has 4 heterocycles. The molecule has 0 saturated carbocycles. The van der Waals surface area contributed by atoms with Crippen LogP contribution in [0.2, 0.25) is 0 Å². The third-order valence-corrected chi connectivity index (χ3v) is 12.5. The van der Waals surface area contributed by atoms with E-state index in [9.17, 15) is 0 Å². The van der Waals surface area contributed by atoms with E-state index < -0.39 is 0 Å². The van der Waals surface area contributed by atoms with Gasteiger partial charge in [-0.25, -0.2) is 15.0 Å². The lowest BCUT2D eigenvalue weighted by molar-refractivity contribution is 0.669. The molecule has 11 aromatic rings. The molecule has 6 heteroatoms. The van der Waals surface area contributed by atoms with Gasteiger partial charge in [0, 0.05) is 64.4 Å². The number of aryl methyl sites for hydroxylation is 1. The molecule has 4 aromatic heterocycles. The van der Waals surface area contributed by atoms with Crippen LogP contribution in [0.15, 0.2) is 168 Å². The Morgan fingerprint density at radius 2 is 1.25 bits per heavy atom. The molecule has 5 nitrogen and oxygen atoms in total. The summed E-state index contributed by atoms with van der Waals surface area (Å²) >= 11 is 1.81. The van der Waals surface area contributed by atoms with E-state index in [0.29, 0.717) is 17.5 Å². The number of nitrogens with zero attached hydrogens (tertiary/aromatic N) is 4. The van der Waals surface area contributed by atoms with E-state index in [1.54, 1.807) is 0 Å². The zero-order valence-corrected chi connectivity index (χ0v) is 31.5. The molecular formula is C51H32N4OS. The van der Waals surface area contributed by atoms with Crippen LogP contribution in [0.25, 0.3) is 110 Å². The highest BCUT2D eigenvalue weighted by Gasteiger charge is 2.20. The van der Waals surface area contributed by atoms with Gasteiger partial charge < -0.3 is 8.98 Å². The number of hydrogen-bond acceptors (Lipinski definition) is 5. The predicted molar refractivity (Wildman–Crippen MR) is 236 cm³/mol. The first-order chi connectivity index (χ1) is 28.2. The lowest BCUT2D eigenvalue weighted by Crippen LogP contribution is -2.00. The Bertz CT molecular complexity index is 3350. The molecule has 0 unspecified atom stereocenters. The van der Waals surface area contributed by atoms with Crippen LogP contribution in [-0.2, 0) is 6.42 Å². The summed E-state index contributed by atoms with van der Waals surface area (Å²) in [6, 6.07) is 55.5. The summed E-state index contributed by atoms with van der Waals surface area (Å²) in [5.74, 6) is 1.95. The number of benzene rings is 7. The highest BCUT2D eigenvalue weighted by Crippen LogP contribution is 2.43. The maximum absolute atomic E-state index is 6.60. The standard InChI is InChI=1S/C51H32N4OS/c1-3-12-31(13-4-1)49-52-50(32-14-5-2-6-15-32)54-51(53-49)34-23-27-46-41(28-34)48-36(18-11-21-47(48)57-46)33-22-25-39-40-30-35(24-26-44(40)56-45(39)29-33)55-42-19-9-7-16-37(42)38-17-8-10-20-43(38)55/h1-7,9-16,18-30H,8,17H2. The van der Waals surface area contributed by atoms with Crippen LogP contribution in [0, 0.1) is 0 Å². The molecule has 1 aliphatic carbocycles. The van der Waals surface area contributed by atoms with E-state index in [0.717, 1.165) is 62.7 Å². The maximum Gasteiger partial charge on any atom is 0.164 e. The van der Waals surface area contributed by atoms with Crippen molar-refractivity contribution in [3.8, 4) is 51.0 Å². The Labute approximate surface area is 331 Å². The largest absolute Gasteiger partial charge is 0.456 e. The van der Waals surface area contributed by atoms with Crippen molar-refractivity contribution in [3.05, 3.63) is 175 Å². The van der Waals surface area contributed by atoms with Crippen LogP contribution in [0.1, 0.15) is 17.7 Å². The van der Waals surface area contributed by atoms with Crippen LogP contribution in [0.5, 0.6) is 0 Å². The van der Waals surface area contributed by atoms with E-state index in [2.05, 4.69) is 114 Å². The van der Waals surface area contributed by atoms with E-state index in [-0.39, 0.29) is 0 Å². The number of furan rings is 1. The Hall–Kier alpha value is -7.15. The van der Waals surface area contributed by atoms with Crippen molar-refractivity contribution >= 4 is 70.4 Å². The SMILES string of the molecule is C1=Cc2c(c3ccccc3n2-c2ccc3oc4cc(-c5cccc6sc7ccc(-c8nc(-c9ccccc9)nc(-c9ccccc9)n8)cc7c56)ccc4c3c2)CC1. The zero-order chi connectivity index (χ0) is 37.5. The summed E-state index contributed by atoms with van der Waals surface area (Å²) in [5, 5.41) is 5.96. The molecule has 0 amide bonds. The summed E-state index contributed by atoms with van der Waals surface area (Å²) in [7, 11) is 0. The monoisotopic (exact) mass is 748 g/mol. The van der Waals surface area contributed by atoms with Gasteiger partial charge in [-0.05, 0) is 96.3 Å². The fourth-order valence-electron chi connectivity index (χ4n) is 8.68. The van der Waals surface area contributed by atoms with E-state index in [1.165, 1.54) is 47.9 Å². The molecule has 0 fully saturated rings. The van der Waals surface area contributed by atoms with Crippen molar-refractivity contribution in [1.82, 2.24) is 19.5 Å². The van der Waals surface area contributed by atoms with Gasteiger partial charge >= 0.3 is 0 Å². The van der Waals surface area contributed by atoms with Crippen molar-refractivity contribution in [2.75, 3.05) is 0 Å². The number of thiophene rings is 1. The fraction of sp³-hybridized carbons (Fsp3) is 0.0392. The van der Waals surface area contributed by atoms with Gasteiger partial charge in [0.25, 0.3) is 0 Å². The topological polar surface area (TPSA) is 56.7 Å². The summed E-state index contributed by atoms with van der Waals surface area (Å²) in [6.45, 7) is 0. The van der Waals surface area contributed by atoms with E-state index >= 15 is 0 Å². The van der Waals surface area contributed by atoms with Crippen molar-refractivity contribution in [3.63, 3.8) is 0 Å². The molecule has 57 heavy (non-hydrogen) atoms. The number of allylic oxidation sites excluding steroid dienone is 1. The summed E-state index contributed by atoms with van der Waals surface area (Å²) in [4.78, 5) is 15.0. The second-order valence-electron chi connectivity index (χ2n) is 14.7. The van der Waals surface area contributed by atoms with Gasteiger partial charge in [0.15, 0.2) is 17.5 Å². The Balaban J connectivity index is 0.985. The van der Waals surface area contributed by atoms with Gasteiger partial charge in [0.1, 0.15) is 11.2 Å². The molecule has 0 atom stereocenters. The van der Waals surface area contributed by atoms with Crippen LogP contribution in [0.4, 0.5) is 0 Å². The molecule has 1 aliphatic rings. The molecule has 12 rings (SSSR count). The second-order valence-corrected chi connectivity index (χ2v) is 15.8.